The summed E-state index contributed by atoms with van der Waals surface area (Å²) in [6, 6.07) is 4.40. The highest BCUT2D eigenvalue weighted by atomic mass is 32.2. The van der Waals surface area contributed by atoms with E-state index in [4.69, 9.17) is 0 Å². The lowest BCUT2D eigenvalue weighted by Gasteiger charge is -2.32. The van der Waals surface area contributed by atoms with Crippen molar-refractivity contribution >= 4 is 20.9 Å². The zero-order valence-corrected chi connectivity index (χ0v) is 17.4. The van der Waals surface area contributed by atoms with Crippen LogP contribution in [0, 0.1) is 11.7 Å². The van der Waals surface area contributed by atoms with Gasteiger partial charge in [0, 0.05) is 24.4 Å². The first kappa shape index (κ1) is 19.5. The molecule has 2 heterocycles. The van der Waals surface area contributed by atoms with Gasteiger partial charge in [0.15, 0.2) is 0 Å². The number of halogens is 1. The maximum absolute atomic E-state index is 14.1. The Morgan fingerprint density at radius 1 is 1.17 bits per heavy atom. The molecule has 2 fully saturated rings. The molecule has 3 aliphatic rings. The Morgan fingerprint density at radius 3 is 2.66 bits per heavy atom. The van der Waals surface area contributed by atoms with E-state index < -0.39 is 16.1 Å². The van der Waals surface area contributed by atoms with Crippen molar-refractivity contribution in [1.82, 2.24) is 9.29 Å². The fourth-order valence-electron chi connectivity index (χ4n) is 5.41. The summed E-state index contributed by atoms with van der Waals surface area (Å²) in [7, 11) is -3.48. The number of rotatable bonds is 5. The highest BCUT2D eigenvalue weighted by Crippen LogP contribution is 2.42. The largest absolute Gasteiger partial charge is 0.393 e. The van der Waals surface area contributed by atoms with Gasteiger partial charge in [-0.15, -0.1) is 0 Å². The van der Waals surface area contributed by atoms with Crippen LogP contribution in [0.4, 0.5) is 4.39 Å². The average molecular weight is 421 g/mol. The van der Waals surface area contributed by atoms with Crippen molar-refractivity contribution in [3.8, 4) is 0 Å². The fourth-order valence-corrected chi connectivity index (χ4v) is 7.34. The predicted octanol–water partition coefficient (Wildman–Crippen LogP) is 3.64. The minimum absolute atomic E-state index is 0.0179. The lowest BCUT2D eigenvalue weighted by Crippen LogP contribution is -2.34. The molecule has 158 valence electrons. The molecule has 1 aromatic heterocycles. The smallest absolute Gasteiger partial charge is 0.242 e. The Kier molecular flexibility index (Phi) is 4.95. The number of aromatic nitrogens is 1. The summed E-state index contributed by atoms with van der Waals surface area (Å²) in [5.74, 6) is -0.0589. The molecule has 0 saturated heterocycles. The third kappa shape index (κ3) is 3.41. The number of nitrogens with one attached hydrogen (secondary N) is 1. The first-order chi connectivity index (χ1) is 14.0. The molecule has 2 saturated carbocycles. The van der Waals surface area contributed by atoms with Gasteiger partial charge in [-0.25, -0.2) is 16.8 Å². The Hall–Kier alpha value is -1.44. The second-order valence-corrected chi connectivity index (χ2v) is 11.1. The molecule has 0 spiro atoms. The molecule has 29 heavy (non-hydrogen) atoms. The number of fused-ring (bicyclic) bond motifs is 3. The minimum Gasteiger partial charge on any atom is -0.393 e. The van der Waals surface area contributed by atoms with Gasteiger partial charge in [-0.05, 0) is 61.8 Å². The van der Waals surface area contributed by atoms with Crippen LogP contribution >= 0.6 is 0 Å². The van der Waals surface area contributed by atoms with Gasteiger partial charge >= 0.3 is 0 Å². The van der Waals surface area contributed by atoms with Gasteiger partial charge in [0.05, 0.1) is 22.6 Å². The second kappa shape index (κ2) is 7.36. The predicted molar refractivity (Wildman–Crippen MR) is 111 cm³/mol. The van der Waals surface area contributed by atoms with E-state index in [-0.39, 0.29) is 17.0 Å². The highest BCUT2D eigenvalue weighted by Gasteiger charge is 2.41. The van der Waals surface area contributed by atoms with Crippen molar-refractivity contribution in [3.05, 3.63) is 35.3 Å². The van der Waals surface area contributed by atoms with Crippen molar-refractivity contribution in [2.24, 2.45) is 5.92 Å². The van der Waals surface area contributed by atoms with E-state index in [1.165, 1.54) is 35.4 Å². The summed E-state index contributed by atoms with van der Waals surface area (Å²) >= 11 is 0. The molecule has 2 aliphatic carbocycles. The number of benzene rings is 1. The number of hydrogen-bond acceptors (Lipinski definition) is 4. The summed E-state index contributed by atoms with van der Waals surface area (Å²) in [6.45, 7) is 1.13. The van der Waals surface area contributed by atoms with E-state index in [2.05, 4.69) is 5.32 Å². The van der Waals surface area contributed by atoms with Gasteiger partial charge in [-0.1, -0.05) is 19.3 Å². The van der Waals surface area contributed by atoms with Crippen LogP contribution in [0.25, 0.3) is 10.9 Å². The first-order valence-corrected chi connectivity index (χ1v) is 12.4. The molecule has 2 N–H and O–H groups in total. The molecule has 0 bridgehead atoms. The summed E-state index contributed by atoms with van der Waals surface area (Å²) in [6.07, 6.45) is 7.25. The van der Waals surface area contributed by atoms with E-state index in [1.54, 1.807) is 6.07 Å². The van der Waals surface area contributed by atoms with Crippen LogP contribution in [-0.2, 0) is 16.6 Å². The van der Waals surface area contributed by atoms with Crippen LogP contribution in [0.5, 0.6) is 0 Å². The van der Waals surface area contributed by atoms with Crippen molar-refractivity contribution in [3.63, 3.8) is 0 Å². The molecule has 5 nitrogen and oxygen atoms in total. The van der Waals surface area contributed by atoms with Crippen molar-refractivity contribution < 1.29 is 17.9 Å². The number of hydrogen-bond donors (Lipinski definition) is 2. The van der Waals surface area contributed by atoms with E-state index in [0.29, 0.717) is 49.2 Å². The lowest BCUT2D eigenvalue weighted by atomic mass is 9.79. The first-order valence-electron chi connectivity index (χ1n) is 10.9. The molecular formula is C22H29FN2O3S. The van der Waals surface area contributed by atoms with Crippen molar-refractivity contribution in [2.75, 3.05) is 6.54 Å². The lowest BCUT2D eigenvalue weighted by molar-refractivity contribution is 0.0700. The summed E-state index contributed by atoms with van der Waals surface area (Å²) in [4.78, 5) is 0. The van der Waals surface area contributed by atoms with E-state index >= 15 is 0 Å². The SMILES string of the molecule is O=S(=O)(C1CC1)n1c2c(c3cc(F)ccc31)C(CC(O)C1CCCCC1)CNC2. The van der Waals surface area contributed by atoms with E-state index in [0.717, 1.165) is 24.1 Å². The second-order valence-electron chi connectivity index (χ2n) is 9.06. The summed E-state index contributed by atoms with van der Waals surface area (Å²) in [5.41, 5.74) is 2.21. The van der Waals surface area contributed by atoms with Crippen LogP contribution < -0.4 is 5.32 Å². The summed E-state index contributed by atoms with van der Waals surface area (Å²) < 4.78 is 42.0. The zero-order chi connectivity index (χ0) is 20.2. The molecule has 5 rings (SSSR count). The molecule has 0 amide bonds. The Balaban J connectivity index is 1.58. The third-order valence-electron chi connectivity index (χ3n) is 7.04. The maximum Gasteiger partial charge on any atom is 0.242 e. The van der Waals surface area contributed by atoms with Gasteiger partial charge in [-0.2, -0.15) is 0 Å². The van der Waals surface area contributed by atoms with Gasteiger partial charge in [0.1, 0.15) is 5.82 Å². The van der Waals surface area contributed by atoms with Crippen molar-refractivity contribution in [1.29, 1.82) is 0 Å². The normalized spacial score (nSPS) is 24.6. The molecule has 2 atom stereocenters. The number of aliphatic hydroxyl groups excluding tert-OH is 1. The topological polar surface area (TPSA) is 71.3 Å². The van der Waals surface area contributed by atoms with Crippen molar-refractivity contribution in [2.45, 2.75) is 75.2 Å². The molecular weight excluding hydrogens is 391 g/mol. The van der Waals surface area contributed by atoms with Crippen LogP contribution in [0.1, 0.15) is 68.5 Å². The van der Waals surface area contributed by atoms with Crippen LogP contribution in [0.2, 0.25) is 0 Å². The van der Waals surface area contributed by atoms with E-state index in [9.17, 15) is 17.9 Å². The van der Waals surface area contributed by atoms with Gasteiger partial charge in [-0.3, -0.25) is 0 Å². The third-order valence-corrected chi connectivity index (χ3v) is 9.28. The molecule has 2 aromatic rings. The van der Waals surface area contributed by atoms with Crippen LogP contribution in [-0.4, -0.2) is 35.4 Å². The van der Waals surface area contributed by atoms with Gasteiger partial charge in [0.25, 0.3) is 0 Å². The standard InChI is InChI=1S/C22H29FN2O3S/c23-16-6-9-19-18(11-16)22-15(10-21(26)14-4-2-1-3-5-14)12-24-13-20(22)25(19)29(27,28)17-7-8-17/h6,9,11,14-15,17,21,24,26H,1-5,7-8,10,12-13H2. The number of nitrogens with zero attached hydrogens (tertiary/aromatic N) is 1. The van der Waals surface area contributed by atoms with Crippen LogP contribution in [0.15, 0.2) is 18.2 Å². The molecule has 0 radical (unpaired) electrons. The van der Waals surface area contributed by atoms with E-state index in [1.807, 2.05) is 0 Å². The fraction of sp³-hybridized carbons (Fsp3) is 0.636. The molecule has 2 unspecified atom stereocenters. The quantitative estimate of drug-likeness (QED) is 0.775. The Morgan fingerprint density at radius 2 is 1.93 bits per heavy atom. The average Bonchev–Trinajstić information content (AvgIpc) is 3.52. The van der Waals surface area contributed by atoms with Gasteiger partial charge in [0.2, 0.25) is 10.0 Å². The highest BCUT2D eigenvalue weighted by molar-refractivity contribution is 7.91. The zero-order valence-electron chi connectivity index (χ0n) is 16.6. The molecule has 1 aromatic carbocycles. The molecule has 1 aliphatic heterocycles. The van der Waals surface area contributed by atoms with Gasteiger partial charge < -0.3 is 10.4 Å². The maximum atomic E-state index is 14.1. The minimum atomic E-state index is -3.48. The monoisotopic (exact) mass is 420 g/mol. The molecule has 7 heteroatoms. The summed E-state index contributed by atoms with van der Waals surface area (Å²) in [5, 5.41) is 14.6. The Bertz CT molecular complexity index is 1020. The Labute approximate surface area is 171 Å². The van der Waals surface area contributed by atoms with Crippen LogP contribution in [0.3, 0.4) is 0 Å². The number of aliphatic hydroxyl groups is 1.